The fourth-order valence-electron chi connectivity index (χ4n) is 2.69. The van der Waals surface area contributed by atoms with Crippen molar-refractivity contribution >= 4 is 5.97 Å². The van der Waals surface area contributed by atoms with Crippen LogP contribution in [0.3, 0.4) is 0 Å². The minimum atomic E-state index is -0.430. The number of rotatable bonds is 4. The molecule has 1 fully saturated rings. The van der Waals surface area contributed by atoms with Gasteiger partial charge in [-0.3, -0.25) is 4.90 Å². The number of benzene rings is 1. The average molecular weight is 300 g/mol. The number of nitrogens with zero attached hydrogens (tertiary/aromatic N) is 2. The predicted octanol–water partition coefficient (Wildman–Crippen LogP) is 2.95. The maximum atomic E-state index is 13.0. The van der Waals surface area contributed by atoms with Crippen LogP contribution >= 0.6 is 0 Å². The third kappa shape index (κ3) is 2.99. The lowest BCUT2D eigenvalue weighted by molar-refractivity contribution is 0.0591. The fraction of sp³-hybridized carbons (Fsp3) is 0.294. The molecule has 0 radical (unpaired) electrons. The van der Waals surface area contributed by atoms with Crippen molar-refractivity contribution in [1.29, 1.82) is 0 Å². The average Bonchev–Trinajstić information content (AvgIpc) is 2.53. The summed E-state index contributed by atoms with van der Waals surface area (Å²) in [6, 6.07) is 12.2. The Balaban J connectivity index is 1.71. The van der Waals surface area contributed by atoms with Gasteiger partial charge in [-0.1, -0.05) is 18.2 Å². The van der Waals surface area contributed by atoms with Gasteiger partial charge in [0.05, 0.1) is 12.8 Å². The second-order valence-corrected chi connectivity index (χ2v) is 5.33. The normalized spacial score (nSPS) is 17.8. The van der Waals surface area contributed by atoms with E-state index in [-0.39, 0.29) is 11.9 Å². The summed E-state index contributed by atoms with van der Waals surface area (Å²) in [7, 11) is 1.34. The third-order valence-corrected chi connectivity index (χ3v) is 3.95. The number of methoxy groups -OCH3 is 1. The molecule has 0 spiro atoms. The maximum Gasteiger partial charge on any atom is 0.356 e. The summed E-state index contributed by atoms with van der Waals surface area (Å²) in [6.45, 7) is 1.62. The molecule has 1 aromatic heterocycles. The zero-order valence-electron chi connectivity index (χ0n) is 12.3. The molecule has 1 atom stereocenters. The molecular weight excluding hydrogens is 283 g/mol. The molecule has 2 aromatic rings. The summed E-state index contributed by atoms with van der Waals surface area (Å²) < 4.78 is 17.7. The molecule has 1 aliphatic heterocycles. The van der Waals surface area contributed by atoms with Gasteiger partial charge in [0.2, 0.25) is 0 Å². The molecule has 0 unspecified atom stereocenters. The molecule has 0 saturated carbocycles. The number of ether oxygens (including phenoxy) is 1. The molecule has 0 N–H and O–H groups in total. The number of hydrogen-bond donors (Lipinski definition) is 0. The Morgan fingerprint density at radius 2 is 2.09 bits per heavy atom. The van der Waals surface area contributed by atoms with Crippen LogP contribution in [0, 0.1) is 5.82 Å². The van der Waals surface area contributed by atoms with Gasteiger partial charge < -0.3 is 4.74 Å². The van der Waals surface area contributed by atoms with Crippen LogP contribution in [0.15, 0.2) is 42.5 Å². The molecule has 4 nitrogen and oxygen atoms in total. The van der Waals surface area contributed by atoms with Crippen molar-refractivity contribution in [2.45, 2.75) is 19.0 Å². The zero-order valence-corrected chi connectivity index (χ0v) is 12.3. The Morgan fingerprint density at radius 3 is 2.73 bits per heavy atom. The van der Waals surface area contributed by atoms with E-state index in [9.17, 15) is 9.18 Å². The van der Waals surface area contributed by atoms with Crippen molar-refractivity contribution in [2.75, 3.05) is 13.7 Å². The number of aromatic nitrogens is 1. The first kappa shape index (κ1) is 14.7. The molecule has 0 aliphatic carbocycles. The van der Waals surface area contributed by atoms with E-state index in [2.05, 4.69) is 14.6 Å². The highest BCUT2D eigenvalue weighted by Crippen LogP contribution is 2.34. The van der Waals surface area contributed by atoms with E-state index >= 15 is 0 Å². The van der Waals surface area contributed by atoms with Gasteiger partial charge in [-0.25, -0.2) is 14.2 Å². The number of carbonyl (C=O) groups is 1. The molecule has 5 heteroatoms. The second kappa shape index (κ2) is 6.23. The van der Waals surface area contributed by atoms with E-state index < -0.39 is 5.97 Å². The molecule has 22 heavy (non-hydrogen) atoms. The molecule has 1 aromatic carbocycles. The van der Waals surface area contributed by atoms with Gasteiger partial charge in [0.15, 0.2) is 0 Å². The smallest absolute Gasteiger partial charge is 0.356 e. The van der Waals surface area contributed by atoms with Gasteiger partial charge in [-0.15, -0.1) is 0 Å². The molecule has 1 saturated heterocycles. The monoisotopic (exact) mass is 300 g/mol. The lowest BCUT2D eigenvalue weighted by Crippen LogP contribution is -2.40. The van der Waals surface area contributed by atoms with Gasteiger partial charge in [0.25, 0.3) is 0 Å². The topological polar surface area (TPSA) is 42.4 Å². The van der Waals surface area contributed by atoms with Gasteiger partial charge in [0.1, 0.15) is 11.5 Å². The summed E-state index contributed by atoms with van der Waals surface area (Å²) in [5.41, 5.74) is 2.25. The van der Waals surface area contributed by atoms with E-state index in [0.29, 0.717) is 12.2 Å². The molecular formula is C17H17FN2O2. The van der Waals surface area contributed by atoms with Crippen LogP contribution < -0.4 is 0 Å². The van der Waals surface area contributed by atoms with Crippen molar-refractivity contribution in [1.82, 2.24) is 9.88 Å². The van der Waals surface area contributed by atoms with Crippen molar-refractivity contribution in [3.8, 4) is 0 Å². The summed E-state index contributed by atoms with van der Waals surface area (Å²) in [4.78, 5) is 18.1. The summed E-state index contributed by atoms with van der Waals surface area (Å²) >= 11 is 0. The van der Waals surface area contributed by atoms with Crippen molar-refractivity contribution in [2.24, 2.45) is 0 Å². The second-order valence-electron chi connectivity index (χ2n) is 5.33. The Morgan fingerprint density at radius 1 is 1.32 bits per heavy atom. The third-order valence-electron chi connectivity index (χ3n) is 3.95. The first-order valence-corrected chi connectivity index (χ1v) is 7.21. The molecule has 1 aliphatic rings. The van der Waals surface area contributed by atoms with Crippen molar-refractivity contribution < 1.29 is 13.9 Å². The van der Waals surface area contributed by atoms with Crippen LogP contribution in [0.25, 0.3) is 0 Å². The maximum absolute atomic E-state index is 13.0. The summed E-state index contributed by atoms with van der Waals surface area (Å²) in [6.07, 6.45) is 1.04. The van der Waals surface area contributed by atoms with E-state index in [1.165, 1.54) is 19.2 Å². The number of halogens is 1. The number of carbonyl (C=O) groups excluding carboxylic acids is 1. The highest BCUT2D eigenvalue weighted by Gasteiger charge is 2.29. The SMILES string of the molecule is COC(=O)c1cccc(CN2CC[C@@H]2c2ccc(F)cc2)n1. The first-order valence-electron chi connectivity index (χ1n) is 7.21. The highest BCUT2D eigenvalue weighted by atomic mass is 19.1. The largest absolute Gasteiger partial charge is 0.464 e. The number of hydrogen-bond acceptors (Lipinski definition) is 4. The Bertz CT molecular complexity index is 673. The van der Waals surface area contributed by atoms with Crippen LogP contribution in [0.4, 0.5) is 4.39 Å². The number of likely N-dealkylation sites (tertiary alicyclic amines) is 1. The van der Waals surface area contributed by atoms with Crippen molar-refractivity contribution in [3.63, 3.8) is 0 Å². The predicted molar refractivity (Wildman–Crippen MR) is 79.7 cm³/mol. The lowest BCUT2D eigenvalue weighted by Gasteiger charge is -2.41. The van der Waals surface area contributed by atoms with E-state index in [1.54, 1.807) is 12.1 Å². The van der Waals surface area contributed by atoms with Crippen molar-refractivity contribution in [3.05, 3.63) is 65.2 Å². The summed E-state index contributed by atoms with van der Waals surface area (Å²) in [5.74, 6) is -0.650. The summed E-state index contributed by atoms with van der Waals surface area (Å²) in [5, 5.41) is 0. The quantitative estimate of drug-likeness (QED) is 0.814. The highest BCUT2D eigenvalue weighted by molar-refractivity contribution is 5.87. The van der Waals surface area contributed by atoms with Gasteiger partial charge in [0, 0.05) is 19.1 Å². The zero-order chi connectivity index (χ0) is 15.5. The molecule has 3 rings (SSSR count). The van der Waals surface area contributed by atoms with Gasteiger partial charge in [-0.05, 0) is 36.2 Å². The first-order chi connectivity index (χ1) is 10.7. The van der Waals surface area contributed by atoms with Crippen LogP contribution in [-0.4, -0.2) is 29.5 Å². The van der Waals surface area contributed by atoms with E-state index in [0.717, 1.165) is 24.2 Å². The molecule has 2 heterocycles. The molecule has 0 bridgehead atoms. The van der Waals surface area contributed by atoms with Gasteiger partial charge >= 0.3 is 5.97 Å². The van der Waals surface area contributed by atoms with E-state index in [4.69, 9.17) is 0 Å². The number of pyridine rings is 1. The minimum absolute atomic E-state index is 0.220. The van der Waals surface area contributed by atoms with Crippen LogP contribution in [0.5, 0.6) is 0 Å². The molecule has 114 valence electrons. The van der Waals surface area contributed by atoms with Gasteiger partial charge in [-0.2, -0.15) is 0 Å². The van der Waals surface area contributed by atoms with E-state index in [1.807, 2.05) is 18.2 Å². The van der Waals surface area contributed by atoms with Crippen LogP contribution in [0.1, 0.15) is 34.2 Å². The van der Waals surface area contributed by atoms with Crippen LogP contribution in [0.2, 0.25) is 0 Å². The number of esters is 1. The minimum Gasteiger partial charge on any atom is -0.464 e. The Labute approximate surface area is 128 Å². The lowest BCUT2D eigenvalue weighted by atomic mass is 9.94. The fourth-order valence-corrected chi connectivity index (χ4v) is 2.69. The standard InChI is InChI=1S/C17H17FN2O2/c1-22-17(21)15-4-2-3-14(19-15)11-20-10-9-16(20)12-5-7-13(18)8-6-12/h2-8,16H,9-11H2,1H3/t16-/m1/s1. The Hall–Kier alpha value is -2.27. The van der Waals surface area contributed by atoms with Crippen LogP contribution in [-0.2, 0) is 11.3 Å². The Kier molecular flexibility index (Phi) is 4.15. The molecule has 0 amide bonds.